The van der Waals surface area contributed by atoms with Crippen molar-refractivity contribution in [2.24, 2.45) is 0 Å². The number of carbonyl (C=O) groups excluding carboxylic acids is 2. The molecule has 0 atom stereocenters. The number of nitrogens with zero attached hydrogens (tertiary/aromatic N) is 1. The molecular formula is C10H18N2O3. The standard InChI is InChI=1S/C10H18N2O3/c1-10(2)9(15)12(5-3-4-6-13)8(14)7-11-10/h11,13H,3-7H2,1-2H3. The second kappa shape index (κ2) is 4.72. The fourth-order valence-electron chi connectivity index (χ4n) is 1.53. The maximum absolute atomic E-state index is 11.8. The van der Waals surface area contributed by atoms with E-state index in [1.54, 1.807) is 13.8 Å². The Morgan fingerprint density at radius 3 is 2.67 bits per heavy atom. The van der Waals surface area contributed by atoms with Crippen LogP contribution in [0.5, 0.6) is 0 Å². The molecule has 0 saturated carbocycles. The molecule has 1 aliphatic rings. The van der Waals surface area contributed by atoms with Crippen LogP contribution in [0.1, 0.15) is 26.7 Å². The second-order valence-corrected chi connectivity index (χ2v) is 4.26. The first-order valence-electron chi connectivity index (χ1n) is 5.20. The van der Waals surface area contributed by atoms with E-state index in [-0.39, 0.29) is 25.0 Å². The first-order valence-corrected chi connectivity index (χ1v) is 5.20. The number of carbonyl (C=O) groups is 2. The zero-order chi connectivity index (χ0) is 11.5. The Balaban J connectivity index is 2.59. The van der Waals surface area contributed by atoms with Gasteiger partial charge in [0.2, 0.25) is 11.8 Å². The number of unbranched alkanes of at least 4 members (excludes halogenated alkanes) is 1. The lowest BCUT2D eigenvalue weighted by Crippen LogP contribution is -2.63. The average Bonchev–Trinajstić information content (AvgIpc) is 2.18. The third-order valence-electron chi connectivity index (χ3n) is 2.55. The Morgan fingerprint density at radius 2 is 2.07 bits per heavy atom. The molecule has 1 aliphatic heterocycles. The number of nitrogens with one attached hydrogen (secondary N) is 1. The number of amides is 2. The summed E-state index contributed by atoms with van der Waals surface area (Å²) in [5, 5.41) is 11.5. The fourth-order valence-corrected chi connectivity index (χ4v) is 1.53. The van der Waals surface area contributed by atoms with Crippen LogP contribution in [0.15, 0.2) is 0 Å². The second-order valence-electron chi connectivity index (χ2n) is 4.26. The molecular weight excluding hydrogens is 196 g/mol. The molecule has 0 aromatic heterocycles. The third-order valence-corrected chi connectivity index (χ3v) is 2.55. The SMILES string of the molecule is CC1(C)NCC(=O)N(CCCCO)C1=O. The molecule has 0 spiro atoms. The van der Waals surface area contributed by atoms with E-state index in [1.807, 2.05) is 0 Å². The van der Waals surface area contributed by atoms with Crippen molar-refractivity contribution in [3.8, 4) is 0 Å². The molecule has 0 aromatic carbocycles. The first kappa shape index (κ1) is 12.1. The predicted molar refractivity (Wildman–Crippen MR) is 55.1 cm³/mol. The summed E-state index contributed by atoms with van der Waals surface area (Å²) >= 11 is 0. The molecule has 0 aromatic rings. The van der Waals surface area contributed by atoms with Crippen LogP contribution in [-0.2, 0) is 9.59 Å². The van der Waals surface area contributed by atoms with Crippen LogP contribution >= 0.6 is 0 Å². The highest BCUT2D eigenvalue weighted by molar-refractivity contribution is 6.02. The normalized spacial score (nSPS) is 20.9. The van der Waals surface area contributed by atoms with Gasteiger partial charge in [0.05, 0.1) is 12.1 Å². The maximum atomic E-state index is 11.8. The summed E-state index contributed by atoms with van der Waals surface area (Å²) < 4.78 is 0. The fraction of sp³-hybridized carbons (Fsp3) is 0.800. The average molecular weight is 214 g/mol. The van der Waals surface area contributed by atoms with Gasteiger partial charge < -0.3 is 5.11 Å². The van der Waals surface area contributed by atoms with Crippen molar-refractivity contribution in [3.05, 3.63) is 0 Å². The number of rotatable bonds is 4. The molecule has 0 radical (unpaired) electrons. The van der Waals surface area contributed by atoms with E-state index in [0.29, 0.717) is 19.4 Å². The number of aliphatic hydroxyl groups is 1. The van der Waals surface area contributed by atoms with Gasteiger partial charge in [0, 0.05) is 13.2 Å². The van der Waals surface area contributed by atoms with Gasteiger partial charge in [0.25, 0.3) is 0 Å². The lowest BCUT2D eigenvalue weighted by atomic mass is 10.0. The molecule has 15 heavy (non-hydrogen) atoms. The monoisotopic (exact) mass is 214 g/mol. The summed E-state index contributed by atoms with van der Waals surface area (Å²) in [6, 6.07) is 0. The Hall–Kier alpha value is -0.940. The molecule has 2 amide bonds. The molecule has 5 nitrogen and oxygen atoms in total. The van der Waals surface area contributed by atoms with E-state index in [1.165, 1.54) is 4.90 Å². The minimum atomic E-state index is -0.660. The lowest BCUT2D eigenvalue weighted by Gasteiger charge is -2.36. The highest BCUT2D eigenvalue weighted by Crippen LogP contribution is 2.13. The quantitative estimate of drug-likeness (QED) is 0.489. The summed E-state index contributed by atoms with van der Waals surface area (Å²) in [6.45, 7) is 4.24. The van der Waals surface area contributed by atoms with E-state index < -0.39 is 5.54 Å². The van der Waals surface area contributed by atoms with Gasteiger partial charge in [-0.2, -0.15) is 0 Å². The first-order chi connectivity index (χ1) is 6.99. The van der Waals surface area contributed by atoms with Crippen LogP contribution in [-0.4, -0.2) is 47.1 Å². The van der Waals surface area contributed by atoms with Gasteiger partial charge in [-0.3, -0.25) is 19.8 Å². The predicted octanol–water partition coefficient (Wildman–Crippen LogP) is -0.504. The van der Waals surface area contributed by atoms with Crippen LogP contribution < -0.4 is 5.32 Å². The van der Waals surface area contributed by atoms with Gasteiger partial charge in [-0.05, 0) is 26.7 Å². The van der Waals surface area contributed by atoms with Crippen LogP contribution in [0.4, 0.5) is 0 Å². The molecule has 1 saturated heterocycles. The van der Waals surface area contributed by atoms with Gasteiger partial charge in [0.1, 0.15) is 0 Å². The van der Waals surface area contributed by atoms with Crippen molar-refractivity contribution >= 4 is 11.8 Å². The highest BCUT2D eigenvalue weighted by Gasteiger charge is 2.39. The zero-order valence-corrected chi connectivity index (χ0v) is 9.25. The van der Waals surface area contributed by atoms with Crippen LogP contribution in [0, 0.1) is 0 Å². The number of piperazine rings is 1. The van der Waals surface area contributed by atoms with Gasteiger partial charge >= 0.3 is 0 Å². The maximum Gasteiger partial charge on any atom is 0.248 e. The molecule has 0 unspecified atom stereocenters. The Labute approximate surface area is 89.4 Å². The van der Waals surface area contributed by atoms with E-state index >= 15 is 0 Å². The number of aliphatic hydroxyl groups excluding tert-OH is 1. The van der Waals surface area contributed by atoms with E-state index in [4.69, 9.17) is 5.11 Å². The van der Waals surface area contributed by atoms with Crippen molar-refractivity contribution in [2.45, 2.75) is 32.2 Å². The lowest BCUT2D eigenvalue weighted by molar-refractivity contribution is -0.152. The summed E-state index contributed by atoms with van der Waals surface area (Å²) in [6.07, 6.45) is 1.27. The number of hydrogen-bond acceptors (Lipinski definition) is 4. The van der Waals surface area contributed by atoms with Crippen LogP contribution in [0.3, 0.4) is 0 Å². The molecule has 1 heterocycles. The van der Waals surface area contributed by atoms with Gasteiger partial charge in [-0.15, -0.1) is 0 Å². The van der Waals surface area contributed by atoms with Crippen molar-refractivity contribution in [3.63, 3.8) is 0 Å². The topological polar surface area (TPSA) is 69.6 Å². The smallest absolute Gasteiger partial charge is 0.248 e. The van der Waals surface area contributed by atoms with E-state index in [0.717, 1.165) is 0 Å². The molecule has 1 fully saturated rings. The van der Waals surface area contributed by atoms with Crippen LogP contribution in [0.2, 0.25) is 0 Å². The summed E-state index contributed by atoms with van der Waals surface area (Å²) in [4.78, 5) is 24.6. The third kappa shape index (κ3) is 2.76. The molecule has 1 rings (SSSR count). The molecule has 0 aliphatic carbocycles. The number of hydrogen-bond donors (Lipinski definition) is 2. The van der Waals surface area contributed by atoms with E-state index in [2.05, 4.69) is 5.32 Å². The largest absolute Gasteiger partial charge is 0.396 e. The van der Waals surface area contributed by atoms with Crippen LogP contribution in [0.25, 0.3) is 0 Å². The molecule has 86 valence electrons. The Bertz CT molecular complexity index is 263. The van der Waals surface area contributed by atoms with Crippen molar-refractivity contribution < 1.29 is 14.7 Å². The molecule has 2 N–H and O–H groups in total. The van der Waals surface area contributed by atoms with E-state index in [9.17, 15) is 9.59 Å². The molecule has 5 heteroatoms. The zero-order valence-electron chi connectivity index (χ0n) is 9.25. The number of imide groups is 1. The minimum Gasteiger partial charge on any atom is -0.396 e. The Kier molecular flexibility index (Phi) is 3.82. The molecule has 0 bridgehead atoms. The highest BCUT2D eigenvalue weighted by atomic mass is 16.3. The van der Waals surface area contributed by atoms with Gasteiger partial charge in [0.15, 0.2) is 0 Å². The Morgan fingerprint density at radius 1 is 1.40 bits per heavy atom. The van der Waals surface area contributed by atoms with Crippen molar-refractivity contribution in [1.82, 2.24) is 10.2 Å². The summed E-state index contributed by atoms with van der Waals surface area (Å²) in [5.74, 6) is -0.367. The van der Waals surface area contributed by atoms with Crippen molar-refractivity contribution in [2.75, 3.05) is 19.7 Å². The van der Waals surface area contributed by atoms with Gasteiger partial charge in [-0.25, -0.2) is 0 Å². The van der Waals surface area contributed by atoms with Gasteiger partial charge in [-0.1, -0.05) is 0 Å². The van der Waals surface area contributed by atoms with Crippen molar-refractivity contribution in [1.29, 1.82) is 0 Å². The summed E-state index contributed by atoms with van der Waals surface area (Å²) in [5.41, 5.74) is -0.660. The minimum absolute atomic E-state index is 0.0951. The summed E-state index contributed by atoms with van der Waals surface area (Å²) in [7, 11) is 0.